The van der Waals surface area contributed by atoms with Gasteiger partial charge in [-0.1, -0.05) is 0 Å². The summed E-state index contributed by atoms with van der Waals surface area (Å²) in [5, 5.41) is 9.26. The zero-order valence-corrected chi connectivity index (χ0v) is 18.1. The molecular formula is C24H19F3N6O2. The highest BCUT2D eigenvalue weighted by Crippen LogP contribution is 2.30. The molecule has 2 aromatic heterocycles. The lowest BCUT2D eigenvalue weighted by atomic mass is 10.1. The quantitative estimate of drug-likeness (QED) is 0.342. The van der Waals surface area contributed by atoms with Crippen molar-refractivity contribution in [2.75, 3.05) is 17.2 Å². The SMILES string of the molecule is O=C(Nc1ccc(C(F)(F)F)cc1)c1cc(N[C@H]2CCNC2=O)nc(-c2ccc3[nH]ccc3c2)n1. The molecule has 1 atom stereocenters. The smallest absolute Gasteiger partial charge is 0.361 e. The average molecular weight is 480 g/mol. The normalized spacial score (nSPS) is 15.7. The number of fused-ring (bicyclic) bond motifs is 1. The van der Waals surface area contributed by atoms with E-state index in [-0.39, 0.29) is 28.9 Å². The van der Waals surface area contributed by atoms with Crippen LogP contribution in [0.15, 0.2) is 60.8 Å². The summed E-state index contributed by atoms with van der Waals surface area (Å²) in [6.07, 6.45) is -2.12. The van der Waals surface area contributed by atoms with Gasteiger partial charge in [0.05, 0.1) is 5.56 Å². The van der Waals surface area contributed by atoms with Gasteiger partial charge in [-0.3, -0.25) is 9.59 Å². The standard InChI is InChI=1S/C24H19F3N6O2/c25-24(26,27)15-2-4-16(5-3-15)30-23(35)19-12-20(31-18-8-10-29-22(18)34)33-21(32-19)14-1-6-17-13(11-14)7-9-28-17/h1-7,9,11-12,18,28H,8,10H2,(H,29,34)(H,30,35)(H,31,32,33)/t18-/m0/s1. The molecule has 178 valence electrons. The highest BCUT2D eigenvalue weighted by atomic mass is 19.4. The molecule has 8 nitrogen and oxygen atoms in total. The number of nitrogens with one attached hydrogen (secondary N) is 4. The molecule has 5 rings (SSSR count). The molecule has 0 aliphatic carbocycles. The summed E-state index contributed by atoms with van der Waals surface area (Å²) in [4.78, 5) is 37.0. The predicted octanol–water partition coefficient (Wildman–Crippen LogP) is 4.20. The van der Waals surface area contributed by atoms with Gasteiger partial charge in [0.1, 0.15) is 17.6 Å². The van der Waals surface area contributed by atoms with Crippen LogP contribution in [-0.2, 0) is 11.0 Å². The fraction of sp³-hybridized carbons (Fsp3) is 0.167. The maximum absolute atomic E-state index is 13.0. The van der Waals surface area contributed by atoms with Crippen LogP contribution in [0.4, 0.5) is 24.7 Å². The fourth-order valence-corrected chi connectivity index (χ4v) is 3.81. The second-order valence-electron chi connectivity index (χ2n) is 8.05. The number of alkyl halides is 3. The number of aromatic amines is 1. The number of hydrogen-bond donors (Lipinski definition) is 4. The van der Waals surface area contributed by atoms with Crippen LogP contribution in [0.1, 0.15) is 22.5 Å². The number of rotatable bonds is 5. The Balaban J connectivity index is 1.47. The minimum Gasteiger partial charge on any atom is -0.361 e. The monoisotopic (exact) mass is 480 g/mol. The number of carbonyl (C=O) groups excluding carboxylic acids is 2. The summed E-state index contributed by atoms with van der Waals surface area (Å²) >= 11 is 0. The fourth-order valence-electron chi connectivity index (χ4n) is 3.81. The van der Waals surface area contributed by atoms with Crippen LogP contribution in [0.25, 0.3) is 22.3 Å². The third-order valence-electron chi connectivity index (χ3n) is 5.61. The van der Waals surface area contributed by atoms with Gasteiger partial charge in [0.2, 0.25) is 5.91 Å². The number of hydrogen-bond acceptors (Lipinski definition) is 5. The van der Waals surface area contributed by atoms with Crippen molar-refractivity contribution in [3.63, 3.8) is 0 Å². The van der Waals surface area contributed by atoms with Gasteiger partial charge < -0.3 is 20.9 Å². The summed E-state index contributed by atoms with van der Waals surface area (Å²) < 4.78 is 38.5. The predicted molar refractivity (Wildman–Crippen MR) is 124 cm³/mol. The summed E-state index contributed by atoms with van der Waals surface area (Å²) in [7, 11) is 0. The molecule has 0 spiro atoms. The topological polar surface area (TPSA) is 112 Å². The zero-order chi connectivity index (χ0) is 24.6. The first-order chi connectivity index (χ1) is 16.8. The van der Waals surface area contributed by atoms with Crippen LogP contribution in [-0.4, -0.2) is 39.4 Å². The summed E-state index contributed by atoms with van der Waals surface area (Å²) in [6, 6.07) is 12.4. The number of halogens is 3. The minimum absolute atomic E-state index is 0.00929. The second kappa shape index (κ2) is 8.75. The summed E-state index contributed by atoms with van der Waals surface area (Å²) in [6.45, 7) is 0.528. The zero-order valence-electron chi connectivity index (χ0n) is 18.1. The van der Waals surface area contributed by atoms with Gasteiger partial charge in [0.25, 0.3) is 5.91 Å². The molecule has 11 heteroatoms. The lowest BCUT2D eigenvalue weighted by Gasteiger charge is -2.14. The van der Waals surface area contributed by atoms with Gasteiger partial charge in [0, 0.05) is 41.0 Å². The van der Waals surface area contributed by atoms with E-state index in [0.717, 1.165) is 23.0 Å². The van der Waals surface area contributed by atoms with Crippen molar-refractivity contribution >= 4 is 34.2 Å². The Morgan fingerprint density at radius 1 is 1.03 bits per heavy atom. The van der Waals surface area contributed by atoms with Crippen LogP contribution in [0.3, 0.4) is 0 Å². The van der Waals surface area contributed by atoms with E-state index in [2.05, 4.69) is 30.9 Å². The van der Waals surface area contributed by atoms with E-state index in [1.807, 2.05) is 18.2 Å². The molecule has 35 heavy (non-hydrogen) atoms. The molecule has 0 saturated carbocycles. The molecule has 2 aromatic carbocycles. The minimum atomic E-state index is -4.47. The number of anilines is 2. The van der Waals surface area contributed by atoms with Gasteiger partial charge >= 0.3 is 6.18 Å². The van der Waals surface area contributed by atoms with E-state index < -0.39 is 23.7 Å². The lowest BCUT2D eigenvalue weighted by molar-refractivity contribution is -0.137. The largest absolute Gasteiger partial charge is 0.416 e. The number of aromatic nitrogens is 3. The van der Waals surface area contributed by atoms with Crippen LogP contribution in [0.2, 0.25) is 0 Å². The molecule has 1 aliphatic heterocycles. The molecule has 1 fully saturated rings. The van der Waals surface area contributed by atoms with Gasteiger partial charge in [0.15, 0.2) is 5.82 Å². The molecule has 4 N–H and O–H groups in total. The van der Waals surface area contributed by atoms with Crippen molar-refractivity contribution in [3.05, 3.63) is 72.1 Å². The first kappa shape index (κ1) is 22.4. The first-order valence-electron chi connectivity index (χ1n) is 10.8. The lowest BCUT2D eigenvalue weighted by Crippen LogP contribution is -2.30. The molecule has 0 bridgehead atoms. The summed E-state index contributed by atoms with van der Waals surface area (Å²) in [5.74, 6) is -0.262. The molecule has 0 unspecified atom stereocenters. The van der Waals surface area contributed by atoms with E-state index in [4.69, 9.17) is 0 Å². The number of H-pyrrole nitrogens is 1. The Morgan fingerprint density at radius 3 is 2.54 bits per heavy atom. The molecule has 4 aromatic rings. The van der Waals surface area contributed by atoms with Crippen LogP contribution in [0, 0.1) is 0 Å². The summed E-state index contributed by atoms with van der Waals surface area (Å²) in [5.41, 5.74) is 0.930. The van der Waals surface area contributed by atoms with Crippen molar-refractivity contribution < 1.29 is 22.8 Å². The molecule has 0 radical (unpaired) electrons. The number of amides is 2. The van der Waals surface area contributed by atoms with Crippen molar-refractivity contribution in [1.82, 2.24) is 20.3 Å². The molecule has 3 heterocycles. The second-order valence-corrected chi connectivity index (χ2v) is 8.05. The first-order valence-corrected chi connectivity index (χ1v) is 10.8. The van der Waals surface area contributed by atoms with Gasteiger partial charge in [-0.25, -0.2) is 9.97 Å². The Kier molecular flexibility index (Phi) is 5.59. The Morgan fingerprint density at radius 2 is 1.83 bits per heavy atom. The number of nitrogens with zero attached hydrogens (tertiary/aromatic N) is 2. The Hall–Kier alpha value is -4.41. The third-order valence-corrected chi connectivity index (χ3v) is 5.61. The van der Waals surface area contributed by atoms with E-state index in [1.165, 1.54) is 18.2 Å². The van der Waals surface area contributed by atoms with Crippen molar-refractivity contribution in [3.8, 4) is 11.4 Å². The maximum atomic E-state index is 13.0. The van der Waals surface area contributed by atoms with Crippen LogP contribution >= 0.6 is 0 Å². The number of carbonyl (C=O) groups is 2. The highest BCUT2D eigenvalue weighted by Gasteiger charge is 2.30. The highest BCUT2D eigenvalue weighted by molar-refractivity contribution is 6.03. The molecule has 1 aliphatic rings. The van der Waals surface area contributed by atoms with Gasteiger partial charge in [-0.15, -0.1) is 0 Å². The van der Waals surface area contributed by atoms with E-state index >= 15 is 0 Å². The molecular weight excluding hydrogens is 461 g/mol. The maximum Gasteiger partial charge on any atom is 0.416 e. The van der Waals surface area contributed by atoms with E-state index in [0.29, 0.717) is 18.5 Å². The Bertz CT molecular complexity index is 1420. The third kappa shape index (κ3) is 4.79. The average Bonchev–Trinajstić information content (AvgIpc) is 3.47. The van der Waals surface area contributed by atoms with E-state index in [1.54, 1.807) is 12.3 Å². The van der Waals surface area contributed by atoms with Crippen molar-refractivity contribution in [2.24, 2.45) is 0 Å². The van der Waals surface area contributed by atoms with Crippen LogP contribution in [0.5, 0.6) is 0 Å². The number of benzene rings is 2. The molecule has 2 amide bonds. The van der Waals surface area contributed by atoms with Gasteiger partial charge in [-0.05, 0) is 55.0 Å². The Labute approximate surface area is 197 Å². The van der Waals surface area contributed by atoms with E-state index in [9.17, 15) is 22.8 Å². The molecule has 1 saturated heterocycles. The van der Waals surface area contributed by atoms with Gasteiger partial charge in [-0.2, -0.15) is 13.2 Å². The van der Waals surface area contributed by atoms with Crippen molar-refractivity contribution in [1.29, 1.82) is 0 Å². The van der Waals surface area contributed by atoms with Crippen LogP contribution < -0.4 is 16.0 Å². The van der Waals surface area contributed by atoms with Crippen molar-refractivity contribution in [2.45, 2.75) is 18.6 Å².